The van der Waals surface area contributed by atoms with Crippen LogP contribution in [0.4, 0.5) is 0 Å². The highest BCUT2D eigenvalue weighted by Crippen LogP contribution is 2.22. The maximum absolute atomic E-state index is 8.80. The van der Waals surface area contributed by atoms with Gasteiger partial charge < -0.3 is 15.5 Å². The number of oxime groups is 1. The molecule has 2 heterocycles. The monoisotopic (exact) mass is 299 g/mol. The maximum atomic E-state index is 8.80. The van der Waals surface area contributed by atoms with Crippen molar-refractivity contribution in [2.75, 3.05) is 0 Å². The third-order valence-corrected chi connectivity index (χ3v) is 4.78. The molecule has 21 heavy (non-hydrogen) atoms. The van der Waals surface area contributed by atoms with Gasteiger partial charge in [-0.1, -0.05) is 24.2 Å². The Hall–Kier alpha value is -2.27. The molecule has 0 aliphatic carbocycles. The molecule has 0 atom stereocenters. The molecular weight excluding hydrogens is 282 g/mol. The summed E-state index contributed by atoms with van der Waals surface area (Å²) in [7, 11) is 0. The molecule has 0 radical (unpaired) electrons. The number of nitrogens with zero attached hydrogens (tertiary/aromatic N) is 2. The quantitative estimate of drug-likeness (QED) is 0.335. The maximum Gasteiger partial charge on any atom is 0.170 e. The van der Waals surface area contributed by atoms with E-state index >= 15 is 0 Å². The Kier molecular flexibility index (Phi) is 3.66. The minimum Gasteiger partial charge on any atom is -0.409 e. The van der Waals surface area contributed by atoms with Gasteiger partial charge in [-0.2, -0.15) is 0 Å². The van der Waals surface area contributed by atoms with Gasteiger partial charge in [-0.15, -0.1) is 11.3 Å². The van der Waals surface area contributed by atoms with E-state index in [1.165, 1.54) is 9.75 Å². The number of fused-ring (bicyclic) bond motifs is 1. The van der Waals surface area contributed by atoms with Gasteiger partial charge in [0.15, 0.2) is 5.84 Å². The number of aryl methyl sites for hydroxylation is 1. The van der Waals surface area contributed by atoms with Crippen molar-refractivity contribution >= 4 is 28.1 Å². The molecule has 0 amide bonds. The summed E-state index contributed by atoms with van der Waals surface area (Å²) in [5, 5.41) is 13.0. The van der Waals surface area contributed by atoms with Crippen LogP contribution in [0.5, 0.6) is 0 Å². The molecule has 3 aromatic rings. The molecule has 0 aliphatic rings. The predicted molar refractivity (Wildman–Crippen MR) is 87.2 cm³/mol. The summed E-state index contributed by atoms with van der Waals surface area (Å²) in [4.78, 5) is 2.73. The topological polar surface area (TPSA) is 63.5 Å². The number of aromatic nitrogens is 1. The second-order valence-electron chi connectivity index (χ2n) is 4.92. The Bertz CT molecular complexity index is 801. The van der Waals surface area contributed by atoms with Crippen molar-refractivity contribution in [3.05, 3.63) is 57.9 Å². The average molecular weight is 299 g/mol. The van der Waals surface area contributed by atoms with Crippen molar-refractivity contribution in [2.45, 2.75) is 19.9 Å². The highest BCUT2D eigenvalue weighted by atomic mass is 32.1. The smallest absolute Gasteiger partial charge is 0.170 e. The van der Waals surface area contributed by atoms with Crippen molar-refractivity contribution in [1.29, 1.82) is 0 Å². The zero-order chi connectivity index (χ0) is 14.8. The van der Waals surface area contributed by atoms with E-state index in [-0.39, 0.29) is 5.84 Å². The van der Waals surface area contributed by atoms with E-state index in [1.807, 2.05) is 29.5 Å². The molecule has 0 bridgehead atoms. The van der Waals surface area contributed by atoms with E-state index in [1.54, 1.807) is 0 Å². The van der Waals surface area contributed by atoms with Gasteiger partial charge in [0.25, 0.3) is 0 Å². The summed E-state index contributed by atoms with van der Waals surface area (Å²) in [5.41, 5.74) is 7.49. The van der Waals surface area contributed by atoms with Crippen LogP contribution in [0.1, 0.15) is 22.2 Å². The number of thiophene rings is 1. The lowest BCUT2D eigenvalue weighted by molar-refractivity contribution is 0.318. The van der Waals surface area contributed by atoms with Crippen molar-refractivity contribution < 1.29 is 5.21 Å². The zero-order valence-electron chi connectivity index (χ0n) is 11.8. The Labute approximate surface area is 127 Å². The normalized spacial score (nSPS) is 12.1. The fourth-order valence-electron chi connectivity index (χ4n) is 2.40. The average Bonchev–Trinajstić information content (AvgIpc) is 3.13. The molecule has 0 unspecified atom stereocenters. The summed E-state index contributed by atoms with van der Waals surface area (Å²) < 4.78 is 2.19. The van der Waals surface area contributed by atoms with E-state index in [2.05, 4.69) is 41.0 Å². The summed E-state index contributed by atoms with van der Waals surface area (Å²) in [5.74, 6) is 0.133. The number of hydrogen-bond donors (Lipinski definition) is 2. The molecular formula is C16H17N3OS. The molecule has 0 spiro atoms. The fraction of sp³-hybridized carbons (Fsp3) is 0.188. The number of nitrogens with two attached hydrogens (primary N) is 1. The molecule has 0 saturated heterocycles. The number of rotatable bonds is 4. The lowest BCUT2D eigenvalue weighted by Gasteiger charge is -2.05. The van der Waals surface area contributed by atoms with E-state index in [0.29, 0.717) is 0 Å². The van der Waals surface area contributed by atoms with Crippen molar-refractivity contribution in [3.8, 4) is 0 Å². The first-order chi connectivity index (χ1) is 10.2. The molecule has 1 aromatic carbocycles. The third-order valence-electron chi connectivity index (χ3n) is 3.57. The van der Waals surface area contributed by atoms with Crippen LogP contribution in [0.25, 0.3) is 10.9 Å². The summed E-state index contributed by atoms with van der Waals surface area (Å²) in [6.45, 7) is 3.01. The molecule has 4 nitrogen and oxygen atoms in total. The molecule has 0 saturated carbocycles. The van der Waals surface area contributed by atoms with Gasteiger partial charge in [0.05, 0.1) is 6.54 Å². The van der Waals surface area contributed by atoms with Crippen molar-refractivity contribution in [3.63, 3.8) is 0 Å². The van der Waals surface area contributed by atoms with Gasteiger partial charge in [0, 0.05) is 27.0 Å². The van der Waals surface area contributed by atoms with Crippen LogP contribution >= 0.6 is 11.3 Å². The lowest BCUT2D eigenvalue weighted by Crippen LogP contribution is -2.12. The lowest BCUT2D eigenvalue weighted by atomic mass is 10.1. The van der Waals surface area contributed by atoms with E-state index in [9.17, 15) is 0 Å². The summed E-state index contributed by atoms with van der Waals surface area (Å²) >= 11 is 1.85. The Morgan fingerprint density at radius 1 is 1.24 bits per heavy atom. The highest BCUT2D eigenvalue weighted by molar-refractivity contribution is 7.11. The minimum atomic E-state index is 0.133. The highest BCUT2D eigenvalue weighted by Gasteiger charge is 2.07. The first-order valence-corrected chi connectivity index (χ1v) is 7.67. The van der Waals surface area contributed by atoms with Crippen LogP contribution in [0, 0.1) is 0 Å². The SMILES string of the molecule is CCc1ccc(Cn2ccc3ccc(/C(N)=N/O)cc32)s1. The molecule has 3 rings (SSSR count). The van der Waals surface area contributed by atoms with Crippen LogP contribution in [-0.4, -0.2) is 15.6 Å². The largest absolute Gasteiger partial charge is 0.409 e. The van der Waals surface area contributed by atoms with Crippen molar-refractivity contribution in [2.24, 2.45) is 10.9 Å². The van der Waals surface area contributed by atoms with Gasteiger partial charge in [-0.3, -0.25) is 0 Å². The van der Waals surface area contributed by atoms with E-state index in [4.69, 9.17) is 10.9 Å². The zero-order valence-corrected chi connectivity index (χ0v) is 12.6. The van der Waals surface area contributed by atoms with E-state index in [0.717, 1.165) is 29.4 Å². The Morgan fingerprint density at radius 3 is 2.76 bits per heavy atom. The molecule has 0 fully saturated rings. The Morgan fingerprint density at radius 2 is 2.05 bits per heavy atom. The van der Waals surface area contributed by atoms with Gasteiger partial charge >= 0.3 is 0 Å². The van der Waals surface area contributed by atoms with E-state index < -0.39 is 0 Å². The van der Waals surface area contributed by atoms with Crippen LogP contribution in [0.15, 0.2) is 47.8 Å². The van der Waals surface area contributed by atoms with Crippen LogP contribution < -0.4 is 5.73 Å². The van der Waals surface area contributed by atoms with Gasteiger partial charge in [-0.05, 0) is 36.1 Å². The minimum absolute atomic E-state index is 0.133. The summed E-state index contributed by atoms with van der Waals surface area (Å²) in [6.07, 6.45) is 3.15. The molecule has 108 valence electrons. The first kappa shape index (κ1) is 13.7. The Balaban J connectivity index is 1.98. The standard InChI is InChI=1S/C16H17N3OS/c1-2-13-5-6-14(21-13)10-19-8-7-11-3-4-12(9-15(11)19)16(17)18-20/h3-9,20H,2,10H2,1H3,(H2,17,18). The predicted octanol–water partition coefficient (Wildman–Crippen LogP) is 3.41. The van der Waals surface area contributed by atoms with Crippen molar-refractivity contribution in [1.82, 2.24) is 4.57 Å². The summed E-state index contributed by atoms with van der Waals surface area (Å²) in [6, 6.07) is 12.3. The first-order valence-electron chi connectivity index (χ1n) is 6.85. The van der Waals surface area contributed by atoms with Crippen LogP contribution in [0.2, 0.25) is 0 Å². The second kappa shape index (κ2) is 5.61. The van der Waals surface area contributed by atoms with Crippen LogP contribution in [-0.2, 0) is 13.0 Å². The van der Waals surface area contributed by atoms with Gasteiger partial charge in [0.2, 0.25) is 0 Å². The second-order valence-corrected chi connectivity index (χ2v) is 6.18. The molecule has 3 N–H and O–H groups in total. The molecule has 0 aliphatic heterocycles. The molecule has 2 aromatic heterocycles. The number of hydrogen-bond acceptors (Lipinski definition) is 3. The number of benzene rings is 1. The van der Waals surface area contributed by atoms with Gasteiger partial charge in [0.1, 0.15) is 0 Å². The van der Waals surface area contributed by atoms with Gasteiger partial charge in [-0.25, -0.2) is 0 Å². The molecule has 5 heteroatoms. The van der Waals surface area contributed by atoms with Crippen LogP contribution in [0.3, 0.4) is 0 Å². The number of amidine groups is 1. The fourth-order valence-corrected chi connectivity index (χ4v) is 3.36. The third kappa shape index (κ3) is 2.64.